The molecule has 1 aliphatic rings. The highest BCUT2D eigenvalue weighted by Gasteiger charge is 2.24. The zero-order chi connectivity index (χ0) is 23.8. The van der Waals surface area contributed by atoms with E-state index >= 15 is 0 Å². The Hall–Kier alpha value is -4.81. The lowest BCUT2D eigenvalue weighted by atomic mass is 10.1. The van der Waals surface area contributed by atoms with Crippen molar-refractivity contribution < 1.29 is 14.3 Å². The van der Waals surface area contributed by atoms with Crippen molar-refractivity contribution in [2.24, 2.45) is 0 Å². The first-order chi connectivity index (χ1) is 16.0. The zero-order valence-electron chi connectivity index (χ0n) is 17.9. The van der Waals surface area contributed by atoms with E-state index in [1.54, 1.807) is 41.3 Å². The Morgan fingerprint density at radius 2 is 1.58 bits per heavy atom. The molecule has 1 saturated heterocycles. The maximum atomic E-state index is 12.7. The first kappa shape index (κ1) is 22.9. The first-order valence-corrected chi connectivity index (χ1v) is 10.1. The third-order valence-corrected chi connectivity index (χ3v) is 5.19. The van der Waals surface area contributed by atoms with E-state index in [1.165, 1.54) is 13.2 Å². The Morgan fingerprint density at radius 1 is 0.909 bits per heavy atom. The van der Waals surface area contributed by atoms with Crippen LogP contribution in [0, 0.1) is 34.0 Å². The Kier molecular flexibility index (Phi) is 7.26. The van der Waals surface area contributed by atoms with Crippen LogP contribution in [0.1, 0.15) is 20.7 Å². The average Bonchev–Trinajstić information content (AvgIpc) is 2.88. The third kappa shape index (κ3) is 5.10. The van der Waals surface area contributed by atoms with Crippen LogP contribution < -0.4 is 10.2 Å². The molecular formula is C24H20N6O3. The number of carbonyl (C=O) groups is 2. The van der Waals surface area contributed by atoms with Crippen LogP contribution in [0.5, 0.6) is 0 Å². The predicted octanol–water partition coefficient (Wildman–Crippen LogP) is 2.67. The molecule has 164 valence electrons. The van der Waals surface area contributed by atoms with Gasteiger partial charge in [0.15, 0.2) is 5.57 Å². The van der Waals surface area contributed by atoms with Crippen LogP contribution in [0.25, 0.3) is 0 Å². The fraction of sp³-hybridized carbons (Fsp3) is 0.208. The van der Waals surface area contributed by atoms with Crippen molar-refractivity contribution in [3.63, 3.8) is 0 Å². The molecule has 2 aromatic rings. The Morgan fingerprint density at radius 3 is 2.15 bits per heavy atom. The fourth-order valence-electron chi connectivity index (χ4n) is 3.49. The number of nitriles is 3. The van der Waals surface area contributed by atoms with Crippen LogP contribution in [0.15, 0.2) is 59.8 Å². The van der Waals surface area contributed by atoms with E-state index in [0.29, 0.717) is 43.1 Å². The Bertz CT molecular complexity index is 1190. The quantitative estimate of drug-likeness (QED) is 0.554. The molecule has 1 heterocycles. The average molecular weight is 440 g/mol. The van der Waals surface area contributed by atoms with Gasteiger partial charge in [0, 0.05) is 31.7 Å². The lowest BCUT2D eigenvalue weighted by Crippen LogP contribution is -2.49. The minimum absolute atomic E-state index is 0.0444. The molecule has 1 amide bonds. The Labute approximate surface area is 191 Å². The molecule has 3 rings (SSSR count). The molecule has 1 N–H and O–H groups in total. The van der Waals surface area contributed by atoms with Gasteiger partial charge in [-0.05, 0) is 30.3 Å². The van der Waals surface area contributed by atoms with E-state index in [0.717, 1.165) is 0 Å². The monoisotopic (exact) mass is 440 g/mol. The molecule has 0 saturated carbocycles. The van der Waals surface area contributed by atoms with Gasteiger partial charge in [0.05, 0.1) is 24.0 Å². The third-order valence-electron chi connectivity index (χ3n) is 5.19. The number of carbonyl (C=O) groups excluding carboxylic acids is 2. The minimum Gasteiger partial charge on any atom is -0.465 e. The van der Waals surface area contributed by atoms with Gasteiger partial charge >= 0.3 is 5.97 Å². The van der Waals surface area contributed by atoms with Crippen molar-refractivity contribution in [1.82, 2.24) is 4.90 Å². The Balaban J connectivity index is 1.87. The molecule has 0 spiro atoms. The van der Waals surface area contributed by atoms with Crippen molar-refractivity contribution in [2.75, 3.05) is 43.5 Å². The molecule has 1 aliphatic heterocycles. The summed E-state index contributed by atoms with van der Waals surface area (Å²) in [5.41, 5.74) is 1.32. The predicted molar refractivity (Wildman–Crippen MR) is 120 cm³/mol. The lowest BCUT2D eigenvalue weighted by Gasteiger charge is -2.37. The van der Waals surface area contributed by atoms with Gasteiger partial charge in [-0.15, -0.1) is 0 Å². The van der Waals surface area contributed by atoms with Gasteiger partial charge in [-0.3, -0.25) is 4.79 Å². The molecule has 0 aromatic heterocycles. The van der Waals surface area contributed by atoms with E-state index in [2.05, 4.69) is 5.32 Å². The zero-order valence-corrected chi connectivity index (χ0v) is 17.9. The molecule has 0 unspecified atom stereocenters. The summed E-state index contributed by atoms with van der Waals surface area (Å²) >= 11 is 0. The van der Waals surface area contributed by atoms with Crippen molar-refractivity contribution >= 4 is 23.3 Å². The number of methoxy groups -OCH3 is 1. The van der Waals surface area contributed by atoms with Gasteiger partial charge in [-0.25, -0.2) is 4.79 Å². The number of rotatable bonds is 5. The van der Waals surface area contributed by atoms with Crippen LogP contribution >= 0.6 is 0 Å². The van der Waals surface area contributed by atoms with E-state index in [-0.39, 0.29) is 22.7 Å². The summed E-state index contributed by atoms with van der Waals surface area (Å²) < 4.78 is 4.77. The summed E-state index contributed by atoms with van der Waals surface area (Å²) in [6.45, 7) is 1.99. The number of nitrogens with one attached hydrogen (secondary N) is 1. The van der Waals surface area contributed by atoms with Crippen LogP contribution in [0.2, 0.25) is 0 Å². The van der Waals surface area contributed by atoms with Gasteiger partial charge in [0.2, 0.25) is 0 Å². The summed E-state index contributed by atoms with van der Waals surface area (Å²) in [4.78, 5) is 28.5. The molecule has 0 atom stereocenters. The van der Waals surface area contributed by atoms with Crippen molar-refractivity contribution in [3.05, 3.63) is 70.9 Å². The summed E-state index contributed by atoms with van der Waals surface area (Å²) in [7, 11) is 1.26. The highest BCUT2D eigenvalue weighted by atomic mass is 16.5. The van der Waals surface area contributed by atoms with Crippen LogP contribution in [-0.4, -0.2) is 50.1 Å². The fourth-order valence-corrected chi connectivity index (χ4v) is 3.49. The second-order valence-electron chi connectivity index (χ2n) is 7.08. The molecule has 33 heavy (non-hydrogen) atoms. The van der Waals surface area contributed by atoms with Crippen molar-refractivity contribution in [2.45, 2.75) is 0 Å². The summed E-state index contributed by atoms with van der Waals surface area (Å²) in [5.74, 6) is -0.608. The minimum atomic E-state index is -0.564. The highest BCUT2D eigenvalue weighted by molar-refractivity contribution is 5.95. The highest BCUT2D eigenvalue weighted by Crippen LogP contribution is 2.30. The molecule has 1 fully saturated rings. The van der Waals surface area contributed by atoms with Gasteiger partial charge in [-0.1, -0.05) is 18.2 Å². The molecule has 0 bridgehead atoms. The largest absolute Gasteiger partial charge is 0.465 e. The van der Waals surface area contributed by atoms with Gasteiger partial charge < -0.3 is 19.9 Å². The molecular weight excluding hydrogens is 420 g/mol. The van der Waals surface area contributed by atoms with E-state index in [9.17, 15) is 14.9 Å². The topological polar surface area (TPSA) is 133 Å². The number of nitrogens with zero attached hydrogens (tertiary/aromatic N) is 5. The van der Waals surface area contributed by atoms with Crippen molar-refractivity contribution in [1.29, 1.82) is 15.8 Å². The number of esters is 1. The molecule has 9 heteroatoms. The van der Waals surface area contributed by atoms with Gasteiger partial charge in [0.1, 0.15) is 23.9 Å². The van der Waals surface area contributed by atoms with E-state index in [1.807, 2.05) is 29.2 Å². The van der Waals surface area contributed by atoms with Crippen LogP contribution in [0.3, 0.4) is 0 Å². The summed E-state index contributed by atoms with van der Waals surface area (Å²) in [6, 6.07) is 19.1. The SMILES string of the molecule is COC(=O)c1ccc(N2CCN(C(=O)c3ccccc3)CC2)c(NC(C#N)=C(C#N)C#N)c1. The van der Waals surface area contributed by atoms with E-state index in [4.69, 9.17) is 15.3 Å². The smallest absolute Gasteiger partial charge is 0.337 e. The maximum Gasteiger partial charge on any atom is 0.337 e. The lowest BCUT2D eigenvalue weighted by molar-refractivity contribution is 0.0600. The van der Waals surface area contributed by atoms with Gasteiger partial charge in [-0.2, -0.15) is 15.8 Å². The summed E-state index contributed by atoms with van der Waals surface area (Å²) in [6.07, 6.45) is 0. The number of amides is 1. The number of allylic oxidation sites excluding steroid dienone is 2. The van der Waals surface area contributed by atoms with E-state index < -0.39 is 5.97 Å². The summed E-state index contributed by atoms with van der Waals surface area (Å²) in [5, 5.41) is 30.5. The molecule has 2 aromatic carbocycles. The molecule has 9 nitrogen and oxygen atoms in total. The standard InChI is InChI=1S/C24H20N6O3/c1-33-24(32)18-7-8-22(20(13-18)28-21(16-27)19(14-25)15-26)29-9-11-30(12-10-29)23(31)17-5-3-2-4-6-17/h2-8,13,28H,9-12H2,1H3. The number of ether oxygens (including phenoxy) is 1. The number of hydrogen-bond donors (Lipinski definition) is 1. The second kappa shape index (κ2) is 10.5. The number of piperazine rings is 1. The second-order valence-corrected chi connectivity index (χ2v) is 7.08. The van der Waals surface area contributed by atoms with Crippen LogP contribution in [0.4, 0.5) is 11.4 Å². The number of anilines is 2. The maximum absolute atomic E-state index is 12.7. The first-order valence-electron chi connectivity index (χ1n) is 10.1. The molecule has 0 radical (unpaired) electrons. The van der Waals surface area contributed by atoms with Crippen molar-refractivity contribution in [3.8, 4) is 18.2 Å². The number of benzene rings is 2. The molecule has 0 aliphatic carbocycles. The normalized spacial score (nSPS) is 12.5. The number of hydrogen-bond acceptors (Lipinski definition) is 8. The van der Waals surface area contributed by atoms with Crippen LogP contribution in [-0.2, 0) is 4.74 Å². The van der Waals surface area contributed by atoms with Gasteiger partial charge in [0.25, 0.3) is 5.91 Å².